The highest BCUT2D eigenvalue weighted by Crippen LogP contribution is 2.39. The van der Waals surface area contributed by atoms with Gasteiger partial charge < -0.3 is 14.5 Å². The highest BCUT2D eigenvalue weighted by molar-refractivity contribution is 5.64. The molecule has 0 atom stereocenters. The second-order valence-electron chi connectivity index (χ2n) is 6.00. The van der Waals surface area contributed by atoms with E-state index in [0.717, 1.165) is 25.3 Å². The molecule has 1 aliphatic rings. The fourth-order valence-electron chi connectivity index (χ4n) is 2.35. The number of non-ortho nitro benzene ring substituents is 1. The molecule has 1 aliphatic heterocycles. The molecule has 6 nitrogen and oxygen atoms in total. The molecule has 0 amide bonds. The van der Waals surface area contributed by atoms with E-state index < -0.39 is 4.92 Å². The van der Waals surface area contributed by atoms with Crippen LogP contribution >= 0.6 is 0 Å². The fraction of sp³-hybridized carbons (Fsp3) is 0.571. The zero-order valence-electron chi connectivity index (χ0n) is 12.4. The summed E-state index contributed by atoms with van der Waals surface area (Å²) in [6.07, 6.45) is 0. The lowest BCUT2D eigenvalue weighted by atomic mass is 10.0. The van der Waals surface area contributed by atoms with Gasteiger partial charge in [-0.1, -0.05) is 0 Å². The minimum atomic E-state index is -0.393. The Hall–Kier alpha value is -1.82. The molecular formula is C14H21N3O3. The number of hydrogen-bond donors (Lipinski definition) is 0. The SMILES string of the molecule is CN(C)CCN1CC(C)(C)Oc2cc([N+](=O)[O-])ccc21. The van der Waals surface area contributed by atoms with Gasteiger partial charge in [-0.25, -0.2) is 0 Å². The molecule has 0 aliphatic carbocycles. The molecule has 0 saturated heterocycles. The number of anilines is 1. The van der Waals surface area contributed by atoms with Crippen LogP contribution in [0.5, 0.6) is 5.75 Å². The number of nitro groups is 1. The number of fused-ring (bicyclic) bond motifs is 1. The molecule has 0 saturated carbocycles. The fourth-order valence-corrected chi connectivity index (χ4v) is 2.35. The first-order chi connectivity index (χ1) is 9.28. The first kappa shape index (κ1) is 14.6. The number of rotatable bonds is 4. The zero-order valence-corrected chi connectivity index (χ0v) is 12.4. The molecule has 1 aromatic rings. The van der Waals surface area contributed by atoms with Crippen molar-refractivity contribution in [3.05, 3.63) is 28.3 Å². The number of benzene rings is 1. The van der Waals surface area contributed by atoms with Gasteiger partial charge in [0.15, 0.2) is 0 Å². The maximum atomic E-state index is 10.9. The topological polar surface area (TPSA) is 58.8 Å². The van der Waals surface area contributed by atoms with Gasteiger partial charge in [-0.3, -0.25) is 10.1 Å². The van der Waals surface area contributed by atoms with Crippen molar-refractivity contribution in [2.75, 3.05) is 38.6 Å². The van der Waals surface area contributed by atoms with Crippen LogP contribution in [0.15, 0.2) is 18.2 Å². The Balaban J connectivity index is 2.31. The maximum Gasteiger partial charge on any atom is 0.273 e. The Morgan fingerprint density at radius 3 is 2.75 bits per heavy atom. The van der Waals surface area contributed by atoms with Crippen molar-refractivity contribution in [1.29, 1.82) is 0 Å². The van der Waals surface area contributed by atoms with Crippen molar-refractivity contribution in [3.63, 3.8) is 0 Å². The third kappa shape index (κ3) is 3.19. The summed E-state index contributed by atoms with van der Waals surface area (Å²) in [5.74, 6) is 0.592. The van der Waals surface area contributed by atoms with Gasteiger partial charge in [-0.2, -0.15) is 0 Å². The van der Waals surface area contributed by atoms with Gasteiger partial charge in [0.2, 0.25) is 0 Å². The van der Waals surface area contributed by atoms with E-state index in [-0.39, 0.29) is 11.3 Å². The van der Waals surface area contributed by atoms with Crippen molar-refractivity contribution in [2.45, 2.75) is 19.4 Å². The highest BCUT2D eigenvalue weighted by atomic mass is 16.6. The first-order valence-corrected chi connectivity index (χ1v) is 6.66. The molecule has 1 aromatic carbocycles. The summed E-state index contributed by atoms with van der Waals surface area (Å²) in [5, 5.41) is 10.9. The number of nitro benzene ring substituents is 1. The van der Waals surface area contributed by atoms with Crippen LogP contribution < -0.4 is 9.64 Å². The van der Waals surface area contributed by atoms with E-state index in [1.807, 2.05) is 27.9 Å². The molecule has 6 heteroatoms. The zero-order chi connectivity index (χ0) is 14.9. The average molecular weight is 279 g/mol. The smallest absolute Gasteiger partial charge is 0.273 e. The van der Waals surface area contributed by atoms with Crippen LogP contribution in [-0.4, -0.2) is 49.2 Å². The van der Waals surface area contributed by atoms with Crippen molar-refractivity contribution in [1.82, 2.24) is 4.90 Å². The van der Waals surface area contributed by atoms with Gasteiger partial charge in [-0.05, 0) is 34.0 Å². The van der Waals surface area contributed by atoms with Gasteiger partial charge in [0.05, 0.1) is 23.2 Å². The quantitative estimate of drug-likeness (QED) is 0.624. The Kier molecular flexibility index (Phi) is 3.85. The number of nitrogens with zero attached hydrogens (tertiary/aromatic N) is 3. The molecule has 110 valence electrons. The molecule has 0 spiro atoms. The molecule has 0 bridgehead atoms. The van der Waals surface area contributed by atoms with Gasteiger partial charge >= 0.3 is 0 Å². The second kappa shape index (κ2) is 5.28. The second-order valence-corrected chi connectivity index (χ2v) is 6.00. The van der Waals surface area contributed by atoms with Crippen LogP contribution in [0.4, 0.5) is 11.4 Å². The number of hydrogen-bond acceptors (Lipinski definition) is 5. The van der Waals surface area contributed by atoms with Crippen LogP contribution in [0.1, 0.15) is 13.8 Å². The minimum Gasteiger partial charge on any atom is -0.484 e. The number of likely N-dealkylation sites (N-methyl/N-ethyl adjacent to an activating group) is 1. The van der Waals surface area contributed by atoms with Gasteiger partial charge in [-0.15, -0.1) is 0 Å². The monoisotopic (exact) mass is 279 g/mol. The van der Waals surface area contributed by atoms with Crippen LogP contribution in [0.3, 0.4) is 0 Å². The summed E-state index contributed by atoms with van der Waals surface area (Å²) in [4.78, 5) is 14.8. The predicted octanol–water partition coefficient (Wildman–Crippen LogP) is 2.13. The Morgan fingerprint density at radius 1 is 1.45 bits per heavy atom. The van der Waals surface area contributed by atoms with Crippen molar-refractivity contribution >= 4 is 11.4 Å². The van der Waals surface area contributed by atoms with Crippen LogP contribution in [0.25, 0.3) is 0 Å². The lowest BCUT2D eigenvalue weighted by molar-refractivity contribution is -0.385. The molecule has 20 heavy (non-hydrogen) atoms. The molecule has 0 aromatic heterocycles. The standard InChI is InChI=1S/C14H21N3O3/c1-14(2)10-16(8-7-15(3)4)12-6-5-11(17(18)19)9-13(12)20-14/h5-6,9H,7-8,10H2,1-4H3. The normalized spacial score (nSPS) is 16.8. The molecule has 0 fully saturated rings. The Bertz CT molecular complexity index is 514. The summed E-state index contributed by atoms with van der Waals surface area (Å²) in [7, 11) is 4.06. The molecule has 0 radical (unpaired) electrons. The van der Waals surface area contributed by atoms with E-state index in [1.54, 1.807) is 6.07 Å². The Morgan fingerprint density at radius 2 is 2.15 bits per heavy atom. The lowest BCUT2D eigenvalue weighted by Crippen LogP contribution is -2.48. The molecule has 2 rings (SSSR count). The van der Waals surface area contributed by atoms with Crippen molar-refractivity contribution < 1.29 is 9.66 Å². The van der Waals surface area contributed by atoms with Crippen LogP contribution in [0.2, 0.25) is 0 Å². The van der Waals surface area contributed by atoms with E-state index in [4.69, 9.17) is 4.74 Å². The van der Waals surface area contributed by atoms with E-state index in [1.165, 1.54) is 12.1 Å². The minimum absolute atomic E-state index is 0.0639. The molecule has 1 heterocycles. The molecular weight excluding hydrogens is 258 g/mol. The summed E-state index contributed by atoms with van der Waals surface area (Å²) in [6, 6.07) is 4.82. The van der Waals surface area contributed by atoms with E-state index >= 15 is 0 Å². The van der Waals surface area contributed by atoms with Crippen LogP contribution in [-0.2, 0) is 0 Å². The maximum absolute atomic E-state index is 10.9. The Labute approximate surface area is 119 Å². The van der Waals surface area contributed by atoms with Gasteiger partial charge in [0.25, 0.3) is 5.69 Å². The summed E-state index contributed by atoms with van der Waals surface area (Å²) in [6.45, 7) is 6.55. The predicted molar refractivity (Wildman–Crippen MR) is 78.6 cm³/mol. The third-order valence-corrected chi connectivity index (χ3v) is 3.27. The third-order valence-electron chi connectivity index (χ3n) is 3.27. The van der Waals surface area contributed by atoms with E-state index in [9.17, 15) is 10.1 Å². The summed E-state index contributed by atoms with van der Waals surface area (Å²) < 4.78 is 5.89. The van der Waals surface area contributed by atoms with Crippen molar-refractivity contribution in [3.8, 4) is 5.75 Å². The molecule has 0 N–H and O–H groups in total. The largest absolute Gasteiger partial charge is 0.484 e. The summed E-state index contributed by atoms with van der Waals surface area (Å²) in [5.41, 5.74) is 0.639. The first-order valence-electron chi connectivity index (χ1n) is 6.66. The van der Waals surface area contributed by atoms with Crippen LogP contribution in [0, 0.1) is 10.1 Å². The highest BCUT2D eigenvalue weighted by Gasteiger charge is 2.32. The average Bonchev–Trinajstić information content (AvgIpc) is 2.33. The lowest BCUT2D eigenvalue weighted by Gasteiger charge is -2.41. The van der Waals surface area contributed by atoms with Crippen molar-refractivity contribution in [2.24, 2.45) is 0 Å². The summed E-state index contributed by atoms with van der Waals surface area (Å²) >= 11 is 0. The molecule has 0 unspecified atom stereocenters. The van der Waals surface area contributed by atoms with Gasteiger partial charge in [0, 0.05) is 19.2 Å². The van der Waals surface area contributed by atoms with Gasteiger partial charge in [0.1, 0.15) is 11.4 Å². The number of ether oxygens (including phenoxy) is 1. The van der Waals surface area contributed by atoms with E-state index in [0.29, 0.717) is 5.75 Å². The van der Waals surface area contributed by atoms with E-state index in [2.05, 4.69) is 9.80 Å².